The molecule has 1 fully saturated rings. The van der Waals surface area contributed by atoms with Gasteiger partial charge in [0, 0.05) is 24.4 Å². The Balaban J connectivity index is 1.65. The van der Waals surface area contributed by atoms with Crippen molar-refractivity contribution in [2.45, 2.75) is 32.8 Å². The largest absolute Gasteiger partial charge is 0.377 e. The van der Waals surface area contributed by atoms with Crippen molar-refractivity contribution in [2.75, 3.05) is 31.4 Å². The summed E-state index contributed by atoms with van der Waals surface area (Å²) in [5, 5.41) is 0. The van der Waals surface area contributed by atoms with E-state index in [9.17, 15) is 0 Å². The molecule has 2 aromatic rings. The second kappa shape index (κ2) is 7.60. The van der Waals surface area contributed by atoms with E-state index >= 15 is 0 Å². The SMILES string of the molecule is Cc1cc(C)cc(N2CN(C[C@H]3CCCO3)CN=C2c2ccccc2)c1. The average molecular weight is 349 g/mol. The van der Waals surface area contributed by atoms with Crippen LogP contribution in [0.25, 0.3) is 0 Å². The highest BCUT2D eigenvalue weighted by Gasteiger charge is 2.26. The highest BCUT2D eigenvalue weighted by atomic mass is 16.5. The van der Waals surface area contributed by atoms with Gasteiger partial charge in [-0.2, -0.15) is 0 Å². The van der Waals surface area contributed by atoms with E-state index in [2.05, 4.69) is 72.2 Å². The summed E-state index contributed by atoms with van der Waals surface area (Å²) >= 11 is 0. The Morgan fingerprint density at radius 1 is 1.08 bits per heavy atom. The second-order valence-electron chi connectivity index (χ2n) is 7.39. The lowest BCUT2D eigenvalue weighted by molar-refractivity contribution is 0.0739. The van der Waals surface area contributed by atoms with Crippen LogP contribution in [-0.2, 0) is 4.74 Å². The zero-order valence-electron chi connectivity index (χ0n) is 15.7. The van der Waals surface area contributed by atoms with Crippen molar-refractivity contribution in [1.82, 2.24) is 4.90 Å². The van der Waals surface area contributed by atoms with Crippen LogP contribution in [0.4, 0.5) is 5.69 Å². The van der Waals surface area contributed by atoms with E-state index in [1.54, 1.807) is 0 Å². The van der Waals surface area contributed by atoms with Gasteiger partial charge in [0.1, 0.15) is 5.84 Å². The van der Waals surface area contributed by atoms with E-state index in [0.717, 1.165) is 38.7 Å². The number of amidine groups is 1. The molecule has 2 aliphatic rings. The Labute approximate surface area is 156 Å². The molecule has 0 unspecified atom stereocenters. The van der Waals surface area contributed by atoms with Crippen LogP contribution in [0.2, 0.25) is 0 Å². The number of anilines is 1. The van der Waals surface area contributed by atoms with Gasteiger partial charge in [0.2, 0.25) is 0 Å². The van der Waals surface area contributed by atoms with Gasteiger partial charge >= 0.3 is 0 Å². The van der Waals surface area contributed by atoms with E-state index in [-0.39, 0.29) is 0 Å². The minimum absolute atomic E-state index is 0.351. The minimum Gasteiger partial charge on any atom is -0.377 e. The summed E-state index contributed by atoms with van der Waals surface area (Å²) in [7, 11) is 0. The van der Waals surface area contributed by atoms with Crippen molar-refractivity contribution in [2.24, 2.45) is 4.99 Å². The zero-order chi connectivity index (χ0) is 17.9. The molecule has 0 spiro atoms. The van der Waals surface area contributed by atoms with Crippen LogP contribution in [-0.4, -0.2) is 43.3 Å². The van der Waals surface area contributed by atoms with Gasteiger partial charge in [-0.25, -0.2) is 0 Å². The van der Waals surface area contributed by atoms with Crippen LogP contribution in [0.5, 0.6) is 0 Å². The summed E-state index contributed by atoms with van der Waals surface area (Å²) in [4.78, 5) is 9.68. The molecule has 4 nitrogen and oxygen atoms in total. The van der Waals surface area contributed by atoms with Crippen molar-refractivity contribution in [1.29, 1.82) is 0 Å². The molecular formula is C22H27N3O. The lowest BCUT2D eigenvalue weighted by atomic mass is 10.1. The normalized spacial score (nSPS) is 21.1. The number of nitrogens with zero attached hydrogens (tertiary/aromatic N) is 3. The van der Waals surface area contributed by atoms with Gasteiger partial charge in [0.15, 0.2) is 0 Å². The fourth-order valence-corrected chi connectivity index (χ4v) is 3.90. The van der Waals surface area contributed by atoms with Gasteiger partial charge in [-0.15, -0.1) is 0 Å². The van der Waals surface area contributed by atoms with Gasteiger partial charge in [-0.1, -0.05) is 36.4 Å². The number of aliphatic imine (C=N–C) groups is 1. The van der Waals surface area contributed by atoms with Crippen molar-refractivity contribution in [3.8, 4) is 0 Å². The van der Waals surface area contributed by atoms with E-state index in [0.29, 0.717) is 6.10 Å². The quantitative estimate of drug-likeness (QED) is 0.836. The van der Waals surface area contributed by atoms with Gasteiger partial charge in [-0.05, 0) is 49.9 Å². The van der Waals surface area contributed by atoms with Crippen molar-refractivity contribution < 1.29 is 4.74 Å². The fraction of sp³-hybridized carbons (Fsp3) is 0.409. The maximum Gasteiger partial charge on any atom is 0.137 e. The molecule has 2 aliphatic heterocycles. The number of aryl methyl sites for hydroxylation is 2. The predicted molar refractivity (Wildman–Crippen MR) is 107 cm³/mol. The van der Waals surface area contributed by atoms with Crippen molar-refractivity contribution >= 4 is 11.5 Å². The monoisotopic (exact) mass is 349 g/mol. The topological polar surface area (TPSA) is 28.1 Å². The molecule has 136 valence electrons. The van der Waals surface area contributed by atoms with Gasteiger partial charge in [0.05, 0.1) is 19.4 Å². The molecule has 0 amide bonds. The highest BCUT2D eigenvalue weighted by molar-refractivity contribution is 6.10. The summed E-state index contributed by atoms with van der Waals surface area (Å²) in [5.41, 5.74) is 4.94. The van der Waals surface area contributed by atoms with Crippen LogP contribution in [0.1, 0.15) is 29.5 Å². The Morgan fingerprint density at radius 2 is 1.85 bits per heavy atom. The number of rotatable bonds is 4. The standard InChI is InChI=1S/C22H27N3O/c1-17-11-18(2)13-20(12-17)25-16-24(14-21-9-6-10-26-21)15-23-22(25)19-7-4-3-5-8-19/h3-5,7-8,11-13,21H,6,9-10,14-16H2,1-2H3/t21-/m1/s1. The Hall–Kier alpha value is -2.17. The molecule has 0 bridgehead atoms. The number of hydrogen-bond donors (Lipinski definition) is 0. The average Bonchev–Trinajstić information content (AvgIpc) is 3.15. The molecule has 2 aromatic carbocycles. The minimum atomic E-state index is 0.351. The summed E-state index contributed by atoms with van der Waals surface area (Å²) in [6.07, 6.45) is 2.69. The third-order valence-electron chi connectivity index (χ3n) is 5.05. The Kier molecular flexibility index (Phi) is 5.05. The summed E-state index contributed by atoms with van der Waals surface area (Å²) in [6.45, 7) is 7.74. The first-order valence-electron chi connectivity index (χ1n) is 9.49. The Bertz CT molecular complexity index is 761. The van der Waals surface area contributed by atoms with Crippen LogP contribution in [0.15, 0.2) is 53.5 Å². The smallest absolute Gasteiger partial charge is 0.137 e. The first kappa shape index (κ1) is 17.3. The van der Waals surface area contributed by atoms with E-state index in [1.807, 2.05) is 0 Å². The predicted octanol–water partition coefficient (Wildman–Crippen LogP) is 3.97. The van der Waals surface area contributed by atoms with E-state index < -0.39 is 0 Å². The number of ether oxygens (including phenoxy) is 1. The third kappa shape index (κ3) is 3.81. The fourth-order valence-electron chi connectivity index (χ4n) is 3.90. The molecule has 0 N–H and O–H groups in total. The van der Waals surface area contributed by atoms with Gasteiger partial charge in [-0.3, -0.25) is 9.89 Å². The third-order valence-corrected chi connectivity index (χ3v) is 5.05. The number of hydrogen-bond acceptors (Lipinski definition) is 4. The molecule has 0 aliphatic carbocycles. The van der Waals surface area contributed by atoms with Crippen LogP contribution >= 0.6 is 0 Å². The molecule has 1 atom stereocenters. The Morgan fingerprint density at radius 3 is 2.54 bits per heavy atom. The molecule has 0 radical (unpaired) electrons. The lowest BCUT2D eigenvalue weighted by Gasteiger charge is -2.37. The van der Waals surface area contributed by atoms with Gasteiger partial charge in [0.25, 0.3) is 0 Å². The molecule has 0 aromatic heterocycles. The van der Waals surface area contributed by atoms with Gasteiger partial charge < -0.3 is 9.64 Å². The molecule has 1 saturated heterocycles. The first-order valence-corrected chi connectivity index (χ1v) is 9.49. The number of benzene rings is 2. The molecule has 0 saturated carbocycles. The molecule has 2 heterocycles. The van der Waals surface area contributed by atoms with E-state index in [4.69, 9.17) is 9.73 Å². The van der Waals surface area contributed by atoms with Crippen LogP contribution < -0.4 is 4.90 Å². The second-order valence-corrected chi connectivity index (χ2v) is 7.39. The van der Waals surface area contributed by atoms with Crippen LogP contribution in [0, 0.1) is 13.8 Å². The molecule has 4 heteroatoms. The van der Waals surface area contributed by atoms with Crippen LogP contribution in [0.3, 0.4) is 0 Å². The molecule has 26 heavy (non-hydrogen) atoms. The summed E-state index contributed by atoms with van der Waals surface area (Å²) in [6, 6.07) is 17.2. The molecular weight excluding hydrogens is 322 g/mol. The lowest BCUT2D eigenvalue weighted by Crippen LogP contribution is -2.49. The maximum absolute atomic E-state index is 5.84. The molecule has 4 rings (SSSR count). The summed E-state index contributed by atoms with van der Waals surface area (Å²) in [5.74, 6) is 1.05. The maximum atomic E-state index is 5.84. The highest BCUT2D eigenvalue weighted by Crippen LogP contribution is 2.25. The zero-order valence-corrected chi connectivity index (χ0v) is 15.7. The summed E-state index contributed by atoms with van der Waals surface area (Å²) < 4.78 is 5.84. The van der Waals surface area contributed by atoms with Crippen molar-refractivity contribution in [3.05, 3.63) is 65.2 Å². The van der Waals surface area contributed by atoms with E-state index in [1.165, 1.54) is 28.8 Å². The van der Waals surface area contributed by atoms with Crippen molar-refractivity contribution in [3.63, 3.8) is 0 Å². The first-order chi connectivity index (χ1) is 12.7.